The van der Waals surface area contributed by atoms with Crippen LogP contribution < -0.4 is 10.1 Å². The molecule has 0 aliphatic rings. The van der Waals surface area contributed by atoms with Gasteiger partial charge in [0.25, 0.3) is 0 Å². The van der Waals surface area contributed by atoms with Crippen LogP contribution in [0.25, 0.3) is 22.6 Å². The van der Waals surface area contributed by atoms with Crippen molar-refractivity contribution in [3.05, 3.63) is 54.1 Å². The van der Waals surface area contributed by atoms with E-state index in [0.29, 0.717) is 23.9 Å². The Balaban J connectivity index is 1.82. The minimum Gasteiger partial charge on any atom is -0.497 e. The minimum atomic E-state index is -0.175. The number of amides is 1. The van der Waals surface area contributed by atoms with E-state index in [1.54, 1.807) is 7.11 Å². The molecule has 4 rings (SSSR count). The first-order valence-corrected chi connectivity index (χ1v) is 9.32. The number of nitrogens with zero attached hydrogens (tertiary/aromatic N) is 4. The van der Waals surface area contributed by atoms with Crippen molar-refractivity contribution in [1.82, 2.24) is 19.0 Å². The summed E-state index contributed by atoms with van der Waals surface area (Å²) >= 11 is 0. The summed E-state index contributed by atoms with van der Waals surface area (Å²) < 4.78 is 16.1. The Bertz CT molecular complexity index is 1100. The highest BCUT2D eigenvalue weighted by Gasteiger charge is 2.19. The van der Waals surface area contributed by atoms with E-state index in [-0.39, 0.29) is 14.4 Å². The summed E-state index contributed by atoms with van der Waals surface area (Å²) in [6.45, 7) is 2.08. The van der Waals surface area contributed by atoms with Gasteiger partial charge in [-0.1, -0.05) is 24.3 Å². The Morgan fingerprint density at radius 3 is 2.67 bits per heavy atom. The van der Waals surface area contributed by atoms with Gasteiger partial charge in [-0.25, -0.2) is 14.5 Å². The van der Waals surface area contributed by atoms with Gasteiger partial charge >= 0.3 is 0 Å². The maximum absolute atomic E-state index is 11.5. The van der Waals surface area contributed by atoms with Crippen LogP contribution in [0, 0.1) is 0 Å². The number of imidazole rings is 1. The molecule has 1 atom stereocenters. The zero-order chi connectivity index (χ0) is 18.8. The van der Waals surface area contributed by atoms with Crippen molar-refractivity contribution >= 4 is 31.3 Å². The number of anilines is 1. The second-order valence-electron chi connectivity index (χ2n) is 6.06. The monoisotopic (exact) mass is 379 g/mol. The molecule has 1 N–H and O–H groups in total. The topological polar surface area (TPSA) is 81.9 Å². The van der Waals surface area contributed by atoms with Crippen molar-refractivity contribution in [2.24, 2.45) is 0 Å². The number of rotatable bonds is 5. The smallest absolute Gasteiger partial charge is 0.222 e. The highest BCUT2D eigenvalue weighted by molar-refractivity contribution is 7.21. The van der Waals surface area contributed by atoms with Gasteiger partial charge in [0.15, 0.2) is 17.3 Å². The summed E-state index contributed by atoms with van der Waals surface area (Å²) in [6.07, 6.45) is 0. The summed E-state index contributed by atoms with van der Waals surface area (Å²) in [5.41, 5.74) is 3.61. The number of hydrogen-bond donors (Lipinski definition) is 1. The number of ether oxygens (including phenoxy) is 1. The Kier molecular flexibility index (Phi) is 4.60. The number of methoxy groups -OCH3 is 1. The number of carbonyl (C=O) groups excluding carboxylic acids is 1. The quantitative estimate of drug-likeness (QED) is 0.574. The van der Waals surface area contributed by atoms with Crippen LogP contribution in [0.3, 0.4) is 0 Å². The lowest BCUT2D eigenvalue weighted by atomic mass is 10.2. The number of para-hydroxylation sites is 2. The van der Waals surface area contributed by atoms with Gasteiger partial charge in [0.1, 0.15) is 5.75 Å². The van der Waals surface area contributed by atoms with E-state index in [9.17, 15) is 4.79 Å². The van der Waals surface area contributed by atoms with Gasteiger partial charge < -0.3 is 14.6 Å². The fourth-order valence-corrected chi connectivity index (χ4v) is 3.59. The van der Waals surface area contributed by atoms with E-state index in [1.165, 1.54) is 6.92 Å². The zero-order valence-electron chi connectivity index (χ0n) is 14.9. The van der Waals surface area contributed by atoms with Gasteiger partial charge in [0, 0.05) is 13.5 Å². The van der Waals surface area contributed by atoms with Crippen molar-refractivity contribution in [2.75, 3.05) is 12.4 Å². The van der Waals surface area contributed by atoms with E-state index in [4.69, 9.17) is 9.72 Å². The van der Waals surface area contributed by atoms with Gasteiger partial charge in [-0.05, 0) is 29.8 Å². The summed E-state index contributed by atoms with van der Waals surface area (Å²) in [4.78, 5) is 16.3. The minimum absolute atomic E-state index is 0.0351. The third kappa shape index (κ3) is 3.41. The molecule has 27 heavy (non-hydrogen) atoms. The number of benzene rings is 2. The molecule has 2 heterocycles. The maximum Gasteiger partial charge on any atom is 0.222 e. The van der Waals surface area contributed by atoms with Gasteiger partial charge in [-0.2, -0.15) is 0 Å². The molecule has 1 amide bonds. The third-order valence-corrected chi connectivity index (χ3v) is 4.86. The first-order chi connectivity index (χ1) is 13.2. The Hall–Kier alpha value is -3.18. The fraction of sp³-hybridized carbons (Fsp3) is 0.158. The molecule has 1 unspecified atom stereocenters. The molecule has 0 bridgehead atoms. The van der Waals surface area contributed by atoms with Gasteiger partial charge in [0.2, 0.25) is 5.91 Å². The molecule has 8 heteroatoms. The molecule has 0 aliphatic heterocycles. The highest BCUT2D eigenvalue weighted by atomic mass is 31.1. The average Bonchev–Trinajstić information content (AvgIpc) is 3.26. The van der Waals surface area contributed by atoms with E-state index in [2.05, 4.69) is 19.4 Å². The maximum atomic E-state index is 11.5. The van der Waals surface area contributed by atoms with Crippen LogP contribution in [-0.4, -0.2) is 32.1 Å². The van der Waals surface area contributed by atoms with E-state index in [0.717, 1.165) is 22.3 Å². The molecule has 0 spiro atoms. The molecule has 7 nitrogen and oxygen atoms in total. The molecular weight excluding hydrogens is 361 g/mol. The number of aromatic nitrogens is 4. The van der Waals surface area contributed by atoms with Crippen molar-refractivity contribution in [2.45, 2.75) is 13.5 Å². The lowest BCUT2D eigenvalue weighted by Gasteiger charge is -2.10. The molecule has 0 aliphatic carbocycles. The standard InChI is InChI=1S/C19H18N5O2P/c1-12(25)20-18-17(22-27-23-18)19-21-15-5-3-4-6-16(15)24(19)11-13-7-9-14(26-2)10-8-13/h3-10,27H,11H2,1-2H3,(H,20,23,25). The van der Waals surface area contributed by atoms with Crippen LogP contribution in [0.15, 0.2) is 48.5 Å². The van der Waals surface area contributed by atoms with E-state index >= 15 is 0 Å². The van der Waals surface area contributed by atoms with Crippen LogP contribution in [0.2, 0.25) is 0 Å². The van der Waals surface area contributed by atoms with Crippen molar-refractivity contribution in [3.8, 4) is 17.3 Å². The number of hydrogen-bond acceptors (Lipinski definition) is 5. The van der Waals surface area contributed by atoms with E-state index in [1.807, 2.05) is 48.5 Å². The molecular formula is C19H18N5O2P. The number of fused-ring (bicyclic) bond motifs is 1. The summed E-state index contributed by atoms with van der Waals surface area (Å²) in [6, 6.07) is 15.9. The largest absolute Gasteiger partial charge is 0.497 e. The summed E-state index contributed by atoms with van der Waals surface area (Å²) in [7, 11) is 1.69. The predicted molar refractivity (Wildman–Crippen MR) is 107 cm³/mol. The SMILES string of the molecule is COc1ccc(Cn2c(-c3n[pH]nc3NC(C)=O)nc3ccccc32)cc1. The summed E-state index contributed by atoms with van der Waals surface area (Å²) in [5, 5.41) is 2.76. The normalized spacial score (nSPS) is 11.2. The first kappa shape index (κ1) is 17.2. The first-order valence-electron chi connectivity index (χ1n) is 8.42. The highest BCUT2D eigenvalue weighted by Crippen LogP contribution is 2.30. The van der Waals surface area contributed by atoms with Gasteiger partial charge in [-0.15, -0.1) is 0 Å². The van der Waals surface area contributed by atoms with Crippen LogP contribution >= 0.6 is 8.51 Å². The second-order valence-corrected chi connectivity index (χ2v) is 6.71. The molecule has 136 valence electrons. The molecule has 2 aromatic heterocycles. The van der Waals surface area contributed by atoms with Gasteiger partial charge in [-0.3, -0.25) is 4.79 Å². The molecule has 4 aromatic rings. The third-order valence-electron chi connectivity index (χ3n) is 4.21. The van der Waals surface area contributed by atoms with Crippen LogP contribution in [-0.2, 0) is 11.3 Å². The molecule has 0 saturated heterocycles. The van der Waals surface area contributed by atoms with E-state index < -0.39 is 0 Å². The molecule has 0 saturated carbocycles. The number of carbonyl (C=O) groups is 1. The van der Waals surface area contributed by atoms with Crippen molar-refractivity contribution < 1.29 is 9.53 Å². The van der Waals surface area contributed by atoms with Gasteiger partial charge in [0.05, 0.1) is 26.7 Å². The zero-order valence-corrected chi connectivity index (χ0v) is 15.9. The number of nitrogens with one attached hydrogen (secondary N) is 1. The Morgan fingerprint density at radius 1 is 1.15 bits per heavy atom. The Labute approximate surface area is 157 Å². The van der Waals surface area contributed by atoms with Crippen LogP contribution in [0.5, 0.6) is 5.75 Å². The predicted octanol–water partition coefficient (Wildman–Crippen LogP) is 3.54. The van der Waals surface area contributed by atoms with Crippen molar-refractivity contribution in [3.63, 3.8) is 0 Å². The van der Waals surface area contributed by atoms with Crippen LogP contribution in [0.4, 0.5) is 5.82 Å². The Morgan fingerprint density at radius 2 is 1.93 bits per heavy atom. The molecule has 2 aromatic carbocycles. The fourth-order valence-electron chi connectivity index (χ4n) is 2.97. The second kappa shape index (κ2) is 7.21. The van der Waals surface area contributed by atoms with Crippen molar-refractivity contribution in [1.29, 1.82) is 0 Å². The average molecular weight is 379 g/mol. The van der Waals surface area contributed by atoms with Crippen LogP contribution in [0.1, 0.15) is 12.5 Å². The lowest BCUT2D eigenvalue weighted by molar-refractivity contribution is -0.114. The lowest BCUT2D eigenvalue weighted by Crippen LogP contribution is -2.09. The molecule has 0 fully saturated rings. The summed E-state index contributed by atoms with van der Waals surface area (Å²) in [5.74, 6) is 1.82. The molecule has 0 radical (unpaired) electrons.